The van der Waals surface area contributed by atoms with Gasteiger partial charge in [-0.1, -0.05) is 60.2 Å². The van der Waals surface area contributed by atoms with Crippen LogP contribution < -0.4 is 0 Å². The molecule has 0 aliphatic carbocycles. The molecule has 1 atom stereocenters. The molecule has 0 aliphatic rings. The second kappa shape index (κ2) is 5.93. The Labute approximate surface area is 131 Å². The van der Waals surface area contributed by atoms with Crippen LogP contribution in [-0.4, -0.2) is 16.7 Å². The Morgan fingerprint density at radius 2 is 1.55 bits per heavy atom. The normalized spacial score (nSPS) is 14.2. The van der Waals surface area contributed by atoms with Crippen LogP contribution in [0.3, 0.4) is 0 Å². The van der Waals surface area contributed by atoms with Crippen molar-refractivity contribution in [2.45, 2.75) is 38.9 Å². The van der Waals surface area contributed by atoms with Crippen molar-refractivity contribution < 1.29 is 14.6 Å². The first-order valence-corrected chi connectivity index (χ1v) is 7.32. The minimum atomic E-state index is -1.82. The van der Waals surface area contributed by atoms with Crippen molar-refractivity contribution in [1.29, 1.82) is 0 Å². The molecule has 0 saturated heterocycles. The fourth-order valence-corrected chi connectivity index (χ4v) is 2.30. The molecule has 116 valence electrons. The first-order chi connectivity index (χ1) is 10.2. The lowest BCUT2D eigenvalue weighted by Crippen LogP contribution is -2.42. The number of carbonyl (C=O) groups is 1. The van der Waals surface area contributed by atoms with Gasteiger partial charge in [0.25, 0.3) is 0 Å². The van der Waals surface area contributed by atoms with Gasteiger partial charge < -0.3 is 9.84 Å². The number of carbonyl (C=O) groups excluding carboxylic acids is 1. The maximum atomic E-state index is 12.7. The van der Waals surface area contributed by atoms with Crippen LogP contribution in [0.25, 0.3) is 0 Å². The number of ether oxygens (including phenoxy) is 1. The van der Waals surface area contributed by atoms with Gasteiger partial charge in [-0.25, -0.2) is 4.79 Å². The molecule has 0 radical (unpaired) electrons. The zero-order valence-electron chi connectivity index (χ0n) is 13.5. The third kappa shape index (κ3) is 3.37. The predicted molar refractivity (Wildman–Crippen MR) is 86.5 cm³/mol. The lowest BCUT2D eigenvalue weighted by Gasteiger charge is -2.31. The number of aliphatic hydroxyl groups is 1. The fourth-order valence-electron chi connectivity index (χ4n) is 2.30. The maximum absolute atomic E-state index is 12.7. The molecule has 0 bridgehead atoms. The van der Waals surface area contributed by atoms with Gasteiger partial charge in [-0.3, -0.25) is 0 Å². The Bertz CT molecular complexity index is 656. The third-order valence-electron chi connectivity index (χ3n) is 3.32. The monoisotopic (exact) mass is 298 g/mol. The summed E-state index contributed by atoms with van der Waals surface area (Å²) in [5, 5.41) is 11.2. The number of hydrogen-bond acceptors (Lipinski definition) is 3. The molecule has 3 nitrogen and oxygen atoms in total. The van der Waals surface area contributed by atoms with Crippen LogP contribution in [0.2, 0.25) is 0 Å². The summed E-state index contributed by atoms with van der Waals surface area (Å²) in [6, 6.07) is 16.2. The van der Waals surface area contributed by atoms with Crippen molar-refractivity contribution in [3.63, 3.8) is 0 Å². The summed E-state index contributed by atoms with van der Waals surface area (Å²) in [6.45, 7) is 7.27. The van der Waals surface area contributed by atoms with Crippen LogP contribution in [0.4, 0.5) is 0 Å². The van der Waals surface area contributed by atoms with Gasteiger partial charge in [0.05, 0.1) is 0 Å². The summed E-state index contributed by atoms with van der Waals surface area (Å²) in [6.07, 6.45) is 0. The molecule has 3 heteroatoms. The van der Waals surface area contributed by atoms with E-state index in [0.29, 0.717) is 11.1 Å². The van der Waals surface area contributed by atoms with Gasteiger partial charge in [0.2, 0.25) is 5.60 Å². The van der Waals surface area contributed by atoms with E-state index in [0.717, 1.165) is 5.56 Å². The van der Waals surface area contributed by atoms with E-state index in [1.54, 1.807) is 57.2 Å². The average Bonchev–Trinajstić information content (AvgIpc) is 2.45. The van der Waals surface area contributed by atoms with E-state index in [-0.39, 0.29) is 0 Å². The van der Waals surface area contributed by atoms with Gasteiger partial charge in [-0.05, 0) is 38.8 Å². The van der Waals surface area contributed by atoms with Gasteiger partial charge in [0, 0.05) is 0 Å². The van der Waals surface area contributed by atoms with Crippen molar-refractivity contribution in [2.24, 2.45) is 0 Å². The van der Waals surface area contributed by atoms with Gasteiger partial charge in [0.15, 0.2) is 0 Å². The molecule has 0 spiro atoms. The van der Waals surface area contributed by atoms with Crippen LogP contribution in [0.15, 0.2) is 54.6 Å². The highest BCUT2D eigenvalue weighted by Gasteiger charge is 2.43. The minimum absolute atomic E-state index is 0.495. The number of aryl methyl sites for hydroxylation is 1. The van der Waals surface area contributed by atoms with Gasteiger partial charge in [0.1, 0.15) is 5.60 Å². The Morgan fingerprint density at radius 3 is 2.09 bits per heavy atom. The molecule has 0 aliphatic heterocycles. The van der Waals surface area contributed by atoms with E-state index in [9.17, 15) is 9.90 Å². The molecule has 0 fully saturated rings. The van der Waals surface area contributed by atoms with Crippen molar-refractivity contribution in [3.05, 3.63) is 71.3 Å². The van der Waals surface area contributed by atoms with Crippen LogP contribution in [0, 0.1) is 6.92 Å². The van der Waals surface area contributed by atoms with E-state index in [4.69, 9.17) is 4.74 Å². The molecule has 2 rings (SSSR count). The molecular formula is C19H22O3. The maximum Gasteiger partial charge on any atom is 0.348 e. The Kier molecular flexibility index (Phi) is 4.38. The van der Waals surface area contributed by atoms with E-state index in [1.807, 2.05) is 25.1 Å². The summed E-state index contributed by atoms with van der Waals surface area (Å²) < 4.78 is 5.46. The predicted octanol–water partition coefficient (Wildman–Crippen LogP) is 3.57. The zero-order chi connectivity index (χ0) is 16.4. The van der Waals surface area contributed by atoms with Crippen LogP contribution in [-0.2, 0) is 15.1 Å². The van der Waals surface area contributed by atoms with E-state index in [1.165, 1.54) is 0 Å². The van der Waals surface area contributed by atoms with Gasteiger partial charge >= 0.3 is 5.97 Å². The number of benzene rings is 2. The van der Waals surface area contributed by atoms with Crippen LogP contribution in [0.1, 0.15) is 37.5 Å². The molecule has 1 N–H and O–H groups in total. The molecule has 2 aromatic rings. The Hall–Kier alpha value is -2.13. The molecule has 0 aromatic heterocycles. The third-order valence-corrected chi connectivity index (χ3v) is 3.32. The first kappa shape index (κ1) is 16.2. The van der Waals surface area contributed by atoms with Crippen LogP contribution >= 0.6 is 0 Å². The quantitative estimate of drug-likeness (QED) is 0.881. The molecule has 0 unspecified atom stereocenters. The average molecular weight is 298 g/mol. The summed E-state index contributed by atoms with van der Waals surface area (Å²) >= 11 is 0. The zero-order valence-corrected chi connectivity index (χ0v) is 13.5. The molecular weight excluding hydrogens is 276 g/mol. The number of rotatable bonds is 3. The SMILES string of the molecule is Cc1cccc([C@](O)(C(=O)OC(C)(C)C)c2ccccc2)c1. The van der Waals surface area contributed by atoms with Gasteiger partial charge in [-0.15, -0.1) is 0 Å². The first-order valence-electron chi connectivity index (χ1n) is 7.32. The summed E-state index contributed by atoms with van der Waals surface area (Å²) in [5.74, 6) is -0.670. The van der Waals surface area contributed by atoms with Crippen molar-refractivity contribution in [1.82, 2.24) is 0 Å². The molecule has 2 aromatic carbocycles. The fraction of sp³-hybridized carbons (Fsp3) is 0.316. The second-order valence-electron chi connectivity index (χ2n) is 6.45. The summed E-state index contributed by atoms with van der Waals surface area (Å²) in [4.78, 5) is 12.7. The van der Waals surface area contributed by atoms with Crippen molar-refractivity contribution in [3.8, 4) is 0 Å². The van der Waals surface area contributed by atoms with Crippen LogP contribution in [0.5, 0.6) is 0 Å². The molecule has 22 heavy (non-hydrogen) atoms. The van der Waals surface area contributed by atoms with Crippen molar-refractivity contribution in [2.75, 3.05) is 0 Å². The Morgan fingerprint density at radius 1 is 0.955 bits per heavy atom. The lowest BCUT2D eigenvalue weighted by molar-refractivity contribution is -0.173. The topological polar surface area (TPSA) is 46.5 Å². The minimum Gasteiger partial charge on any atom is -0.457 e. The largest absolute Gasteiger partial charge is 0.457 e. The smallest absolute Gasteiger partial charge is 0.348 e. The van der Waals surface area contributed by atoms with Gasteiger partial charge in [-0.2, -0.15) is 0 Å². The standard InChI is InChI=1S/C19H22O3/c1-14-9-8-12-16(13-14)19(21,15-10-6-5-7-11-15)17(20)22-18(2,3)4/h5-13,21H,1-4H3/t19-/m0/s1. The molecule has 0 saturated carbocycles. The highest BCUT2D eigenvalue weighted by molar-refractivity contribution is 5.85. The molecule has 0 amide bonds. The number of hydrogen-bond donors (Lipinski definition) is 1. The second-order valence-corrected chi connectivity index (χ2v) is 6.45. The lowest BCUT2D eigenvalue weighted by atomic mass is 9.85. The highest BCUT2D eigenvalue weighted by Crippen LogP contribution is 2.33. The highest BCUT2D eigenvalue weighted by atomic mass is 16.6. The van der Waals surface area contributed by atoms with E-state index < -0.39 is 17.2 Å². The van der Waals surface area contributed by atoms with Crippen molar-refractivity contribution >= 4 is 5.97 Å². The van der Waals surface area contributed by atoms with E-state index in [2.05, 4.69) is 0 Å². The summed E-state index contributed by atoms with van der Waals surface area (Å²) in [7, 11) is 0. The Balaban J connectivity index is 2.57. The molecule has 0 heterocycles. The summed E-state index contributed by atoms with van der Waals surface area (Å²) in [5.41, 5.74) is -0.525. The number of esters is 1. The van der Waals surface area contributed by atoms with E-state index >= 15 is 0 Å².